The van der Waals surface area contributed by atoms with Crippen LogP contribution in [0.3, 0.4) is 0 Å². The summed E-state index contributed by atoms with van der Waals surface area (Å²) in [6.07, 6.45) is -2.41. The first kappa shape index (κ1) is 45.9. The average molecular weight is 693 g/mol. The number of carboxylic acid groups (broad SMARTS) is 4. The molecule has 0 aliphatic heterocycles. The van der Waals surface area contributed by atoms with E-state index in [1.807, 2.05) is 0 Å². The number of ether oxygens (including phenoxy) is 4. The zero-order valence-electron chi connectivity index (χ0n) is 29.1. The van der Waals surface area contributed by atoms with Gasteiger partial charge in [0.25, 0.3) is 0 Å². The van der Waals surface area contributed by atoms with Crippen molar-refractivity contribution in [3.05, 3.63) is 0 Å². The summed E-state index contributed by atoms with van der Waals surface area (Å²) in [6, 6.07) is 0. The van der Waals surface area contributed by atoms with Crippen molar-refractivity contribution in [1.29, 1.82) is 0 Å². The molecule has 0 saturated heterocycles. The fraction of sp³-hybridized carbons (Fsp3) is 0.750. The molecule has 276 valence electrons. The van der Waals surface area contributed by atoms with E-state index >= 15 is 0 Å². The topological polar surface area (TPSA) is 254 Å². The van der Waals surface area contributed by atoms with Crippen LogP contribution in [-0.2, 0) is 57.3 Å². The highest BCUT2D eigenvalue weighted by Crippen LogP contribution is 2.45. The van der Waals surface area contributed by atoms with Crippen LogP contribution in [0.1, 0.15) is 93.9 Å². The van der Waals surface area contributed by atoms with E-state index in [1.54, 1.807) is 27.7 Å². The van der Waals surface area contributed by atoms with Crippen LogP contribution in [0.2, 0.25) is 0 Å². The molecule has 16 heteroatoms. The summed E-state index contributed by atoms with van der Waals surface area (Å²) in [6.45, 7) is 13.0. The first-order valence-corrected chi connectivity index (χ1v) is 15.8. The second-order valence-corrected chi connectivity index (χ2v) is 11.5. The van der Waals surface area contributed by atoms with Crippen molar-refractivity contribution < 1.29 is 77.7 Å². The summed E-state index contributed by atoms with van der Waals surface area (Å²) in [5.74, 6) is -11.1. The van der Waals surface area contributed by atoms with Crippen LogP contribution in [-0.4, -0.2) is 94.6 Å². The molecule has 0 bridgehead atoms. The Morgan fingerprint density at radius 3 is 0.750 bits per heavy atom. The Morgan fingerprint density at radius 1 is 0.438 bits per heavy atom. The zero-order valence-corrected chi connectivity index (χ0v) is 29.1. The predicted octanol–water partition coefficient (Wildman–Crippen LogP) is 3.42. The van der Waals surface area contributed by atoms with Crippen molar-refractivity contribution >= 4 is 47.8 Å². The van der Waals surface area contributed by atoms with Gasteiger partial charge < -0.3 is 39.4 Å². The van der Waals surface area contributed by atoms with Crippen LogP contribution >= 0.6 is 0 Å². The summed E-state index contributed by atoms with van der Waals surface area (Å²) in [7, 11) is 0. The van der Waals surface area contributed by atoms with E-state index in [-0.39, 0.29) is 52.1 Å². The Kier molecular flexibility index (Phi) is 21.4. The van der Waals surface area contributed by atoms with Crippen LogP contribution in [0, 0.1) is 34.5 Å². The van der Waals surface area contributed by atoms with E-state index in [0.717, 1.165) is 0 Å². The molecule has 0 aliphatic rings. The number of esters is 4. The Morgan fingerprint density at radius 2 is 0.625 bits per heavy atom. The summed E-state index contributed by atoms with van der Waals surface area (Å²) < 4.78 is 19.3. The molecule has 0 saturated carbocycles. The second-order valence-electron chi connectivity index (χ2n) is 11.5. The van der Waals surface area contributed by atoms with Crippen LogP contribution in [0.25, 0.3) is 0 Å². The lowest BCUT2D eigenvalue weighted by Gasteiger charge is -2.38. The molecule has 4 atom stereocenters. The van der Waals surface area contributed by atoms with Crippen LogP contribution in [0.15, 0.2) is 0 Å². The van der Waals surface area contributed by atoms with E-state index < -0.39 is 95.1 Å². The Bertz CT molecular complexity index is 975. The van der Waals surface area contributed by atoms with Gasteiger partial charge in [-0.2, -0.15) is 0 Å². The summed E-state index contributed by atoms with van der Waals surface area (Å²) in [4.78, 5) is 93.2. The van der Waals surface area contributed by atoms with Gasteiger partial charge in [-0.1, -0.05) is 27.7 Å². The Balaban J connectivity index is 0. The molecule has 0 aromatic heterocycles. The van der Waals surface area contributed by atoms with Crippen molar-refractivity contribution in [1.82, 2.24) is 0 Å². The van der Waals surface area contributed by atoms with Crippen molar-refractivity contribution in [2.24, 2.45) is 34.5 Å². The summed E-state index contributed by atoms with van der Waals surface area (Å²) in [5, 5.41) is 37.8. The molecule has 4 unspecified atom stereocenters. The molecule has 0 amide bonds. The van der Waals surface area contributed by atoms with Gasteiger partial charge in [0.2, 0.25) is 0 Å². The molecule has 0 fully saturated rings. The maximum Gasteiger partial charge on any atom is 0.310 e. The van der Waals surface area contributed by atoms with Gasteiger partial charge in [0.1, 0.15) is 0 Å². The molecule has 0 aromatic carbocycles. The highest BCUT2D eigenvalue weighted by atomic mass is 16.5. The van der Waals surface area contributed by atoms with Crippen LogP contribution < -0.4 is 0 Å². The average Bonchev–Trinajstić information content (AvgIpc) is 2.94. The van der Waals surface area contributed by atoms with Gasteiger partial charge in [-0.05, 0) is 51.4 Å². The lowest BCUT2D eigenvalue weighted by molar-refractivity contribution is -0.168. The third-order valence-corrected chi connectivity index (χ3v) is 8.31. The molecule has 0 radical (unpaired) electrons. The highest BCUT2D eigenvalue weighted by molar-refractivity contribution is 5.85. The van der Waals surface area contributed by atoms with E-state index in [9.17, 15) is 58.8 Å². The van der Waals surface area contributed by atoms with E-state index in [2.05, 4.69) is 0 Å². The van der Waals surface area contributed by atoms with Crippen molar-refractivity contribution in [3.8, 4) is 0 Å². The summed E-state index contributed by atoms with van der Waals surface area (Å²) in [5.41, 5.74) is -3.57. The Labute approximate surface area is 280 Å². The molecular formula is C32H52O16. The zero-order chi connectivity index (χ0) is 37.8. The number of hydrogen-bond acceptors (Lipinski definition) is 12. The van der Waals surface area contributed by atoms with Gasteiger partial charge in [0.15, 0.2) is 0 Å². The number of aliphatic carboxylic acids is 4. The lowest BCUT2D eigenvalue weighted by atomic mass is 9.63. The normalized spacial score (nSPS) is 15.7. The minimum absolute atomic E-state index is 0.142. The van der Waals surface area contributed by atoms with Gasteiger partial charge in [0.05, 0.1) is 50.1 Å². The molecular weight excluding hydrogens is 640 g/mol. The van der Waals surface area contributed by atoms with E-state index in [1.165, 1.54) is 27.7 Å². The van der Waals surface area contributed by atoms with Gasteiger partial charge in [-0.15, -0.1) is 0 Å². The third-order valence-electron chi connectivity index (χ3n) is 8.31. The minimum Gasteiger partial charge on any atom is -0.481 e. The first-order valence-electron chi connectivity index (χ1n) is 15.8. The van der Waals surface area contributed by atoms with Crippen molar-refractivity contribution in [2.75, 3.05) is 26.4 Å². The molecule has 0 aromatic rings. The predicted molar refractivity (Wildman–Crippen MR) is 166 cm³/mol. The highest BCUT2D eigenvalue weighted by Gasteiger charge is 2.52. The van der Waals surface area contributed by atoms with E-state index in [0.29, 0.717) is 0 Å². The standard InChI is InChI=1S/2C16H26O8/c2*1-5-23-13(19)7-10(3)16(15(21)22,9-12(17)18)11(4)8-14(20)24-6-2/h2*10-11H,5-9H2,1-4H3,(H,17,18)(H,21,22). The van der Waals surface area contributed by atoms with Crippen molar-refractivity contribution in [2.45, 2.75) is 93.9 Å². The quantitative estimate of drug-likeness (QED) is 0.0936. The number of carbonyl (C=O) groups is 8. The monoisotopic (exact) mass is 692 g/mol. The Hall–Kier alpha value is -4.24. The number of hydrogen-bond donors (Lipinski definition) is 4. The number of carbonyl (C=O) groups excluding carboxylic acids is 4. The lowest BCUT2D eigenvalue weighted by Crippen LogP contribution is -2.46. The summed E-state index contributed by atoms with van der Waals surface area (Å²) >= 11 is 0. The maximum atomic E-state index is 12.0. The third kappa shape index (κ3) is 14.3. The molecule has 0 heterocycles. The van der Waals surface area contributed by atoms with Crippen molar-refractivity contribution in [3.63, 3.8) is 0 Å². The molecule has 0 rings (SSSR count). The number of rotatable bonds is 22. The SMILES string of the molecule is CCOC(=O)CC(C)C(CC(=O)O)(C(=O)O)C(C)CC(=O)OCC.CCOC(=O)CC(C)C(CC(=O)O)(C(=O)O)C(C)CC(=O)OCC. The maximum absolute atomic E-state index is 12.0. The van der Waals surface area contributed by atoms with Gasteiger partial charge in [0, 0.05) is 25.7 Å². The fourth-order valence-electron chi connectivity index (χ4n) is 5.77. The molecule has 0 spiro atoms. The van der Waals surface area contributed by atoms with Gasteiger partial charge >= 0.3 is 47.8 Å². The molecule has 0 aliphatic carbocycles. The van der Waals surface area contributed by atoms with Crippen LogP contribution in [0.5, 0.6) is 0 Å². The van der Waals surface area contributed by atoms with Gasteiger partial charge in [-0.3, -0.25) is 38.4 Å². The first-order chi connectivity index (χ1) is 22.2. The largest absolute Gasteiger partial charge is 0.481 e. The van der Waals surface area contributed by atoms with Crippen LogP contribution in [0.4, 0.5) is 0 Å². The number of carboxylic acids is 4. The molecule has 48 heavy (non-hydrogen) atoms. The second kappa shape index (κ2) is 22.4. The van der Waals surface area contributed by atoms with Gasteiger partial charge in [-0.25, -0.2) is 0 Å². The minimum atomic E-state index is -1.79. The van der Waals surface area contributed by atoms with E-state index in [4.69, 9.17) is 18.9 Å². The molecule has 16 nitrogen and oxygen atoms in total. The fourth-order valence-corrected chi connectivity index (χ4v) is 5.77. The smallest absolute Gasteiger partial charge is 0.310 e. The molecule has 4 N–H and O–H groups in total.